The van der Waals surface area contributed by atoms with Crippen LogP contribution >= 0.6 is 0 Å². The third-order valence-electron chi connectivity index (χ3n) is 5.75. The van der Waals surface area contributed by atoms with Gasteiger partial charge in [0.25, 0.3) is 0 Å². The molecule has 0 aliphatic rings. The first-order valence-corrected chi connectivity index (χ1v) is 12.6. The van der Waals surface area contributed by atoms with E-state index in [-0.39, 0.29) is 17.2 Å². The molecule has 4 rings (SSSR count). The van der Waals surface area contributed by atoms with E-state index in [9.17, 15) is 10.1 Å². The first-order valence-electron chi connectivity index (χ1n) is 12.6. The van der Waals surface area contributed by atoms with Crippen molar-refractivity contribution < 1.29 is 13.9 Å². The standard InChI is InChI=1S/C28H30FN9O2/c1-17-23(38-32-11-12-33-38)14-21(16-31-17)35-25-20(15-30)13-22(29)26(37-25)36-24(19-9-7-6-8-10-19)18(2)34-27(39)40-28(3,4)5/h6-14,16,18,24H,1-5H3,(H,34,39)(H2,35,36,37)/t18-,24-/m0/s1. The van der Waals surface area contributed by atoms with Gasteiger partial charge in [0, 0.05) is 0 Å². The van der Waals surface area contributed by atoms with Crippen LogP contribution in [0.5, 0.6) is 0 Å². The summed E-state index contributed by atoms with van der Waals surface area (Å²) in [6, 6.07) is 13.0. The Morgan fingerprint density at radius 1 is 1.12 bits per heavy atom. The molecule has 0 fully saturated rings. The van der Waals surface area contributed by atoms with Crippen molar-refractivity contribution in [2.45, 2.75) is 52.3 Å². The second-order valence-electron chi connectivity index (χ2n) is 10.1. The molecule has 3 heterocycles. The quantitative estimate of drug-likeness (QED) is 0.274. The highest BCUT2D eigenvalue weighted by Gasteiger charge is 2.26. The molecule has 0 radical (unpaired) electrons. The van der Waals surface area contributed by atoms with Crippen molar-refractivity contribution in [2.24, 2.45) is 0 Å². The van der Waals surface area contributed by atoms with Gasteiger partial charge in [-0.15, -0.1) is 4.80 Å². The van der Waals surface area contributed by atoms with E-state index in [4.69, 9.17) is 4.74 Å². The van der Waals surface area contributed by atoms with Crippen molar-refractivity contribution in [1.29, 1.82) is 5.26 Å². The van der Waals surface area contributed by atoms with Crippen molar-refractivity contribution in [3.8, 4) is 11.8 Å². The lowest BCUT2D eigenvalue weighted by Gasteiger charge is -2.28. The van der Waals surface area contributed by atoms with Crippen LogP contribution in [-0.4, -0.2) is 42.7 Å². The van der Waals surface area contributed by atoms with E-state index in [1.54, 1.807) is 52.4 Å². The van der Waals surface area contributed by atoms with Crippen molar-refractivity contribution in [3.05, 3.63) is 83.7 Å². The fourth-order valence-corrected chi connectivity index (χ4v) is 3.92. The number of amides is 1. The number of nitrogens with one attached hydrogen (secondary N) is 3. The average Bonchev–Trinajstić information content (AvgIpc) is 3.44. The highest BCUT2D eigenvalue weighted by molar-refractivity contribution is 5.69. The number of halogens is 1. The Morgan fingerprint density at radius 2 is 1.82 bits per heavy atom. The molecule has 0 aliphatic carbocycles. The number of nitrogens with zero attached hydrogens (tertiary/aromatic N) is 6. The molecule has 1 aromatic carbocycles. The third-order valence-corrected chi connectivity index (χ3v) is 5.75. The Labute approximate surface area is 231 Å². The monoisotopic (exact) mass is 543 g/mol. The van der Waals surface area contributed by atoms with Gasteiger partial charge in [-0.05, 0) is 52.3 Å². The average molecular weight is 544 g/mol. The van der Waals surface area contributed by atoms with Gasteiger partial charge >= 0.3 is 6.09 Å². The summed E-state index contributed by atoms with van der Waals surface area (Å²) in [6.45, 7) is 8.90. The number of hydrogen-bond acceptors (Lipinski definition) is 9. The number of anilines is 3. The molecule has 4 aromatic rings. The van der Waals surface area contributed by atoms with Gasteiger partial charge in [0.2, 0.25) is 0 Å². The summed E-state index contributed by atoms with van der Waals surface area (Å²) >= 11 is 0. The molecular weight excluding hydrogens is 513 g/mol. The van der Waals surface area contributed by atoms with Crippen molar-refractivity contribution in [1.82, 2.24) is 30.3 Å². The third kappa shape index (κ3) is 6.87. The SMILES string of the molecule is Cc1ncc(Nc2nc(N[C@H](c3ccccc3)[C@H](C)NC(=O)OC(C)(C)C)c(F)cc2C#N)cc1-n1nccn1. The fourth-order valence-electron chi connectivity index (χ4n) is 3.92. The van der Waals surface area contributed by atoms with Crippen LogP contribution in [0.15, 0.2) is 61.1 Å². The van der Waals surface area contributed by atoms with Gasteiger partial charge < -0.3 is 20.7 Å². The number of hydrogen-bond donors (Lipinski definition) is 3. The van der Waals surface area contributed by atoms with Crippen LogP contribution in [0.25, 0.3) is 5.69 Å². The number of pyridine rings is 2. The maximum atomic E-state index is 15.2. The van der Waals surface area contributed by atoms with E-state index in [2.05, 4.69) is 36.1 Å². The molecule has 12 heteroatoms. The number of rotatable bonds is 8. The van der Waals surface area contributed by atoms with Gasteiger partial charge in [0.1, 0.15) is 17.4 Å². The van der Waals surface area contributed by atoms with Crippen LogP contribution in [0.4, 0.5) is 26.5 Å². The van der Waals surface area contributed by atoms with Gasteiger partial charge in [-0.25, -0.2) is 14.2 Å². The van der Waals surface area contributed by atoms with Crippen molar-refractivity contribution in [3.63, 3.8) is 0 Å². The number of carbonyl (C=O) groups is 1. The Hall–Kier alpha value is -5.05. The molecule has 0 saturated carbocycles. The van der Waals surface area contributed by atoms with Crippen molar-refractivity contribution >= 4 is 23.4 Å². The number of nitriles is 1. The smallest absolute Gasteiger partial charge is 0.407 e. The summed E-state index contributed by atoms with van der Waals surface area (Å²) in [5.74, 6) is -0.714. The summed E-state index contributed by atoms with van der Waals surface area (Å²) in [6.07, 6.45) is 4.07. The summed E-state index contributed by atoms with van der Waals surface area (Å²) in [5.41, 5.74) is 1.91. The van der Waals surface area contributed by atoms with Gasteiger partial charge in [-0.3, -0.25) is 4.98 Å². The molecule has 0 spiro atoms. The summed E-state index contributed by atoms with van der Waals surface area (Å²) in [5, 5.41) is 26.9. The van der Waals surface area contributed by atoms with Gasteiger partial charge in [0.15, 0.2) is 17.5 Å². The highest BCUT2D eigenvalue weighted by Crippen LogP contribution is 2.28. The van der Waals surface area contributed by atoms with Crippen LogP contribution in [-0.2, 0) is 4.74 Å². The van der Waals surface area contributed by atoms with E-state index < -0.39 is 29.6 Å². The molecule has 1 amide bonds. The largest absolute Gasteiger partial charge is 0.444 e. The number of aromatic nitrogens is 5. The lowest BCUT2D eigenvalue weighted by Crippen LogP contribution is -2.42. The van der Waals surface area contributed by atoms with Crippen LogP contribution in [0.2, 0.25) is 0 Å². The summed E-state index contributed by atoms with van der Waals surface area (Å²) in [4.78, 5) is 22.7. The highest BCUT2D eigenvalue weighted by atomic mass is 19.1. The molecule has 0 aliphatic heterocycles. The predicted molar refractivity (Wildman–Crippen MR) is 148 cm³/mol. The molecule has 0 saturated heterocycles. The number of ether oxygens (including phenoxy) is 1. The molecule has 2 atom stereocenters. The van der Waals surface area contributed by atoms with E-state index >= 15 is 4.39 Å². The topological polar surface area (TPSA) is 143 Å². The zero-order valence-electron chi connectivity index (χ0n) is 22.8. The van der Waals surface area contributed by atoms with Gasteiger partial charge in [-0.1, -0.05) is 30.3 Å². The molecule has 11 nitrogen and oxygen atoms in total. The van der Waals surface area contributed by atoms with E-state index in [1.807, 2.05) is 43.3 Å². The van der Waals surface area contributed by atoms with Gasteiger partial charge in [0.05, 0.1) is 47.6 Å². The summed E-state index contributed by atoms with van der Waals surface area (Å²) in [7, 11) is 0. The Kier molecular flexibility index (Phi) is 8.23. The molecule has 3 N–H and O–H groups in total. The first kappa shape index (κ1) is 28.0. The van der Waals surface area contributed by atoms with Crippen LogP contribution in [0.1, 0.15) is 50.6 Å². The Bertz CT molecular complexity index is 1510. The molecule has 0 bridgehead atoms. The van der Waals surface area contributed by atoms with E-state index in [0.717, 1.165) is 11.6 Å². The minimum absolute atomic E-state index is 0.00132. The van der Waals surface area contributed by atoms with Crippen LogP contribution < -0.4 is 16.0 Å². The molecular formula is C28H30FN9O2. The first-order chi connectivity index (χ1) is 19.0. The second-order valence-corrected chi connectivity index (χ2v) is 10.1. The maximum absolute atomic E-state index is 15.2. The lowest BCUT2D eigenvalue weighted by atomic mass is 10.0. The summed E-state index contributed by atoms with van der Waals surface area (Å²) < 4.78 is 20.6. The lowest BCUT2D eigenvalue weighted by molar-refractivity contribution is 0.0503. The zero-order chi connectivity index (χ0) is 28.9. The predicted octanol–water partition coefficient (Wildman–Crippen LogP) is 5.19. The molecule has 0 unspecified atom stereocenters. The van der Waals surface area contributed by atoms with Crippen LogP contribution in [0.3, 0.4) is 0 Å². The zero-order valence-corrected chi connectivity index (χ0v) is 22.8. The molecule has 40 heavy (non-hydrogen) atoms. The van der Waals surface area contributed by atoms with Crippen LogP contribution in [0, 0.1) is 24.1 Å². The Balaban J connectivity index is 1.65. The number of carbonyl (C=O) groups excluding carboxylic acids is 1. The Morgan fingerprint density at radius 3 is 2.48 bits per heavy atom. The number of alkyl carbamates (subject to hydrolysis) is 1. The minimum Gasteiger partial charge on any atom is -0.444 e. The van der Waals surface area contributed by atoms with E-state index in [0.29, 0.717) is 17.1 Å². The number of aryl methyl sites for hydroxylation is 1. The number of benzene rings is 1. The maximum Gasteiger partial charge on any atom is 0.407 e. The van der Waals surface area contributed by atoms with E-state index in [1.165, 1.54) is 4.80 Å². The van der Waals surface area contributed by atoms with Crippen molar-refractivity contribution in [2.75, 3.05) is 10.6 Å². The fraction of sp³-hybridized carbons (Fsp3) is 0.286. The molecule has 206 valence electrons. The normalized spacial score (nSPS) is 12.6. The minimum atomic E-state index is -0.726. The second kappa shape index (κ2) is 11.8. The van der Waals surface area contributed by atoms with Gasteiger partial charge in [-0.2, -0.15) is 15.5 Å². The molecule has 3 aromatic heterocycles.